The Hall–Kier alpha value is -2.61. The first kappa shape index (κ1) is 15.3. The molecule has 0 fully saturated rings. The summed E-state index contributed by atoms with van der Waals surface area (Å²) in [7, 11) is -2.19. The monoisotopic (exact) mass is 332 g/mol. The molecule has 0 bridgehead atoms. The maximum Gasteiger partial charge on any atom is 0.262 e. The summed E-state index contributed by atoms with van der Waals surface area (Å²) in [5.41, 5.74) is 0.858. The number of fused-ring (bicyclic) bond motifs is 1. The standard InChI is InChI=1S/C15H16N4O3S/c1-3-14-16-15-13(5-4-10-19(15)17-14)18-23(20,21)12-8-6-11(22-2)7-9-12/h4-10,18H,3H2,1-2H3. The average Bonchev–Trinajstić information content (AvgIpc) is 2.99. The van der Waals surface area contributed by atoms with Crippen molar-refractivity contribution >= 4 is 21.4 Å². The van der Waals surface area contributed by atoms with Crippen molar-refractivity contribution in [2.75, 3.05) is 11.8 Å². The van der Waals surface area contributed by atoms with Gasteiger partial charge in [-0.1, -0.05) is 6.92 Å². The number of aromatic nitrogens is 3. The van der Waals surface area contributed by atoms with Crippen LogP contribution in [0.4, 0.5) is 5.69 Å². The lowest BCUT2D eigenvalue weighted by atomic mass is 10.3. The molecule has 0 unspecified atom stereocenters. The number of hydrogen-bond acceptors (Lipinski definition) is 5. The minimum absolute atomic E-state index is 0.149. The average molecular weight is 332 g/mol. The van der Waals surface area contributed by atoms with Crippen LogP contribution in [0.3, 0.4) is 0 Å². The lowest BCUT2D eigenvalue weighted by Crippen LogP contribution is -2.13. The number of aryl methyl sites for hydroxylation is 1. The van der Waals surface area contributed by atoms with Gasteiger partial charge in [-0.25, -0.2) is 17.9 Å². The van der Waals surface area contributed by atoms with Crippen LogP contribution < -0.4 is 9.46 Å². The Balaban J connectivity index is 1.98. The summed E-state index contributed by atoms with van der Waals surface area (Å²) >= 11 is 0. The summed E-state index contributed by atoms with van der Waals surface area (Å²) in [5, 5.41) is 4.27. The molecule has 0 amide bonds. The second-order valence-electron chi connectivity index (χ2n) is 4.85. The summed E-state index contributed by atoms with van der Waals surface area (Å²) in [5.74, 6) is 1.25. The third-order valence-electron chi connectivity index (χ3n) is 3.34. The van der Waals surface area contributed by atoms with Gasteiger partial charge in [-0.3, -0.25) is 4.72 Å². The van der Waals surface area contributed by atoms with Crippen molar-refractivity contribution in [1.29, 1.82) is 0 Å². The van der Waals surface area contributed by atoms with E-state index >= 15 is 0 Å². The molecular formula is C15H16N4O3S. The minimum Gasteiger partial charge on any atom is -0.497 e. The highest BCUT2D eigenvalue weighted by atomic mass is 32.2. The lowest BCUT2D eigenvalue weighted by Gasteiger charge is -2.09. The lowest BCUT2D eigenvalue weighted by molar-refractivity contribution is 0.414. The molecule has 8 heteroatoms. The van der Waals surface area contributed by atoms with E-state index < -0.39 is 10.0 Å². The predicted molar refractivity (Wildman–Crippen MR) is 86.2 cm³/mol. The number of nitrogens with zero attached hydrogens (tertiary/aromatic N) is 3. The van der Waals surface area contributed by atoms with Gasteiger partial charge in [0.15, 0.2) is 11.5 Å². The van der Waals surface area contributed by atoms with Crippen LogP contribution in [0.2, 0.25) is 0 Å². The summed E-state index contributed by atoms with van der Waals surface area (Å²) in [6.45, 7) is 1.94. The molecule has 1 aromatic carbocycles. The molecule has 1 N–H and O–H groups in total. The molecule has 120 valence electrons. The molecule has 0 aliphatic rings. The van der Waals surface area contributed by atoms with Crippen LogP contribution in [0.1, 0.15) is 12.7 Å². The van der Waals surface area contributed by atoms with Crippen LogP contribution in [0, 0.1) is 0 Å². The van der Waals surface area contributed by atoms with Crippen LogP contribution in [0.25, 0.3) is 5.65 Å². The fourth-order valence-corrected chi connectivity index (χ4v) is 3.20. The zero-order valence-corrected chi connectivity index (χ0v) is 13.5. The van der Waals surface area contributed by atoms with Crippen molar-refractivity contribution in [2.24, 2.45) is 0 Å². The van der Waals surface area contributed by atoms with Gasteiger partial charge < -0.3 is 4.74 Å². The van der Waals surface area contributed by atoms with Gasteiger partial charge in [0.1, 0.15) is 5.75 Å². The van der Waals surface area contributed by atoms with E-state index in [9.17, 15) is 8.42 Å². The highest BCUT2D eigenvalue weighted by Crippen LogP contribution is 2.21. The Kier molecular flexibility index (Phi) is 3.91. The number of benzene rings is 1. The van der Waals surface area contributed by atoms with Crippen LogP contribution in [0.15, 0.2) is 47.5 Å². The van der Waals surface area contributed by atoms with Crippen molar-refractivity contribution in [3.63, 3.8) is 0 Å². The molecule has 0 radical (unpaired) electrons. The molecule has 0 atom stereocenters. The number of nitrogens with one attached hydrogen (secondary N) is 1. The SMILES string of the molecule is CCc1nc2c(NS(=O)(=O)c3ccc(OC)cc3)cccn2n1. The Morgan fingerprint density at radius 3 is 2.61 bits per heavy atom. The van der Waals surface area contributed by atoms with Gasteiger partial charge in [0.2, 0.25) is 0 Å². The molecule has 2 aromatic heterocycles. The highest BCUT2D eigenvalue weighted by molar-refractivity contribution is 7.92. The maximum atomic E-state index is 12.5. The Bertz CT molecular complexity index is 933. The first-order valence-corrected chi connectivity index (χ1v) is 8.53. The second-order valence-corrected chi connectivity index (χ2v) is 6.54. The van der Waals surface area contributed by atoms with Gasteiger partial charge in [-0.2, -0.15) is 5.10 Å². The van der Waals surface area contributed by atoms with Crippen molar-refractivity contribution in [3.05, 3.63) is 48.4 Å². The maximum absolute atomic E-state index is 12.5. The van der Waals surface area contributed by atoms with Crippen LogP contribution in [-0.4, -0.2) is 30.1 Å². The van der Waals surface area contributed by atoms with E-state index in [4.69, 9.17) is 4.74 Å². The van der Waals surface area contributed by atoms with E-state index in [0.29, 0.717) is 29.3 Å². The van der Waals surface area contributed by atoms with E-state index in [2.05, 4.69) is 14.8 Å². The number of rotatable bonds is 5. The molecule has 0 saturated heterocycles. The largest absolute Gasteiger partial charge is 0.497 e. The van der Waals surface area contributed by atoms with Gasteiger partial charge in [0, 0.05) is 12.6 Å². The van der Waals surface area contributed by atoms with E-state index in [1.54, 1.807) is 35.0 Å². The fraction of sp³-hybridized carbons (Fsp3) is 0.200. The molecule has 7 nitrogen and oxygen atoms in total. The van der Waals surface area contributed by atoms with Crippen molar-refractivity contribution in [3.8, 4) is 5.75 Å². The van der Waals surface area contributed by atoms with Gasteiger partial charge in [0.25, 0.3) is 10.0 Å². The summed E-state index contributed by atoms with van der Waals surface area (Å²) in [6, 6.07) is 9.55. The zero-order valence-electron chi connectivity index (χ0n) is 12.7. The van der Waals surface area contributed by atoms with Gasteiger partial charge >= 0.3 is 0 Å². The smallest absolute Gasteiger partial charge is 0.262 e. The van der Waals surface area contributed by atoms with Crippen LogP contribution >= 0.6 is 0 Å². The molecule has 3 rings (SSSR count). The van der Waals surface area contributed by atoms with E-state index in [1.165, 1.54) is 19.2 Å². The summed E-state index contributed by atoms with van der Waals surface area (Å²) < 4.78 is 34.2. The van der Waals surface area contributed by atoms with Crippen molar-refractivity contribution in [1.82, 2.24) is 14.6 Å². The summed E-state index contributed by atoms with van der Waals surface area (Å²) in [6.07, 6.45) is 2.40. The molecule has 2 heterocycles. The Morgan fingerprint density at radius 1 is 1.22 bits per heavy atom. The van der Waals surface area contributed by atoms with Crippen molar-refractivity contribution in [2.45, 2.75) is 18.2 Å². The van der Waals surface area contributed by atoms with E-state index in [1.807, 2.05) is 6.92 Å². The molecule has 0 aliphatic heterocycles. The zero-order chi connectivity index (χ0) is 16.4. The highest BCUT2D eigenvalue weighted by Gasteiger charge is 2.17. The van der Waals surface area contributed by atoms with Gasteiger partial charge in [-0.05, 0) is 36.4 Å². The topological polar surface area (TPSA) is 85.6 Å². The fourth-order valence-electron chi connectivity index (χ4n) is 2.14. The van der Waals surface area contributed by atoms with Crippen molar-refractivity contribution < 1.29 is 13.2 Å². The normalized spacial score (nSPS) is 11.6. The third-order valence-corrected chi connectivity index (χ3v) is 4.72. The van der Waals surface area contributed by atoms with Crippen LogP contribution in [-0.2, 0) is 16.4 Å². The minimum atomic E-state index is -3.71. The quantitative estimate of drug-likeness (QED) is 0.773. The Morgan fingerprint density at radius 2 is 1.96 bits per heavy atom. The third kappa shape index (κ3) is 2.98. The molecule has 0 aliphatic carbocycles. The van der Waals surface area contributed by atoms with Crippen LogP contribution in [0.5, 0.6) is 5.75 Å². The van der Waals surface area contributed by atoms with Gasteiger partial charge in [-0.15, -0.1) is 0 Å². The predicted octanol–water partition coefficient (Wildman–Crippen LogP) is 2.10. The molecule has 3 aromatic rings. The second kappa shape index (κ2) is 5.88. The number of anilines is 1. The number of hydrogen-bond donors (Lipinski definition) is 1. The number of ether oxygens (including phenoxy) is 1. The molecule has 0 saturated carbocycles. The van der Waals surface area contributed by atoms with Gasteiger partial charge in [0.05, 0.1) is 17.7 Å². The number of sulfonamides is 1. The first-order chi connectivity index (χ1) is 11.0. The van der Waals surface area contributed by atoms with E-state index in [0.717, 1.165) is 0 Å². The molecular weight excluding hydrogens is 316 g/mol. The first-order valence-electron chi connectivity index (χ1n) is 7.04. The number of methoxy groups -OCH3 is 1. The van der Waals surface area contributed by atoms with E-state index in [-0.39, 0.29) is 4.90 Å². The Labute approximate surface area is 134 Å². The molecule has 23 heavy (non-hydrogen) atoms. The summed E-state index contributed by atoms with van der Waals surface area (Å²) in [4.78, 5) is 4.49. The number of pyridine rings is 1. The molecule has 0 spiro atoms.